The second kappa shape index (κ2) is 6.35. The van der Waals surface area contributed by atoms with Gasteiger partial charge < -0.3 is 0 Å². The van der Waals surface area contributed by atoms with Gasteiger partial charge in [-0.2, -0.15) is 0 Å². The monoisotopic (exact) mass is 612 g/mol. The number of hydrogen-bond acceptors (Lipinski definition) is 1. The molecule has 0 fully saturated rings. The normalized spacial score (nSPS) is 12.8. The average molecular weight is 616 g/mol. The molecule has 0 saturated heterocycles. The maximum absolute atomic E-state index is 3.77. The molecule has 0 radical (unpaired) electrons. The number of thiophene rings is 1. The van der Waals surface area contributed by atoms with Crippen LogP contribution in [-0.4, -0.2) is 0 Å². The van der Waals surface area contributed by atoms with Crippen molar-refractivity contribution in [1.82, 2.24) is 0 Å². The smallest absolute Gasteiger partial charge is 0.0843 e. The lowest BCUT2D eigenvalue weighted by Crippen LogP contribution is -1.93. The van der Waals surface area contributed by atoms with Gasteiger partial charge in [0.25, 0.3) is 0 Å². The molecule has 0 N–H and O–H groups in total. The molecule has 6 heteroatoms. The highest BCUT2D eigenvalue weighted by molar-refractivity contribution is 14.1. The molecule has 2 rings (SSSR count). The second-order valence-electron chi connectivity index (χ2n) is 3.30. The van der Waals surface area contributed by atoms with E-state index in [2.05, 4.69) is 111 Å². The molecular weight excluding hydrogens is 611 g/mol. The Hall–Kier alpha value is 1.57. The number of hydrogen-bond donors (Lipinski definition) is 0. The van der Waals surface area contributed by atoms with Crippen LogP contribution in [0.15, 0.2) is 37.0 Å². The molecule has 0 bridgehead atoms. The van der Waals surface area contributed by atoms with Crippen molar-refractivity contribution < 1.29 is 0 Å². The fourth-order valence-electron chi connectivity index (χ4n) is 1.35. The maximum Gasteiger partial charge on any atom is 0.0843 e. The molecule has 90 valence electrons. The van der Waals surface area contributed by atoms with E-state index >= 15 is 0 Å². The van der Waals surface area contributed by atoms with Crippen molar-refractivity contribution in [3.63, 3.8) is 0 Å². The van der Waals surface area contributed by atoms with Crippen LogP contribution in [0.3, 0.4) is 0 Å². The summed E-state index contributed by atoms with van der Waals surface area (Å²) in [6.45, 7) is 0. The van der Waals surface area contributed by atoms with E-state index < -0.39 is 0 Å². The van der Waals surface area contributed by atoms with E-state index in [1.54, 1.807) is 11.3 Å². The highest BCUT2D eigenvalue weighted by Gasteiger charge is 2.17. The van der Waals surface area contributed by atoms with E-state index in [0.717, 1.165) is 12.7 Å². The van der Waals surface area contributed by atoms with Crippen molar-refractivity contribution in [2.45, 2.75) is 4.83 Å². The minimum Gasteiger partial charge on any atom is -0.131 e. The molecule has 1 unspecified atom stereocenters. The molecule has 1 atom stereocenters. The first-order valence-corrected chi connectivity index (χ1v) is 9.72. The molecule has 0 spiro atoms. The molecule has 0 aliphatic heterocycles. The van der Waals surface area contributed by atoms with Crippen LogP contribution in [0.25, 0.3) is 0 Å². The van der Waals surface area contributed by atoms with E-state index in [-0.39, 0.29) is 4.83 Å². The standard InChI is InChI=1S/C11H5Br4IS/c12-5-1-2-8(16)6(3-5)10(14)9-4-7(13)11(15)17-9/h1-4,10H. The molecule has 1 aromatic carbocycles. The van der Waals surface area contributed by atoms with Crippen LogP contribution < -0.4 is 0 Å². The molecule has 1 aromatic heterocycles. The third kappa shape index (κ3) is 3.56. The van der Waals surface area contributed by atoms with Crippen LogP contribution in [0.2, 0.25) is 0 Å². The summed E-state index contributed by atoms with van der Waals surface area (Å²) in [5.41, 5.74) is 1.28. The number of benzene rings is 1. The summed E-state index contributed by atoms with van der Waals surface area (Å²) < 4.78 is 4.59. The van der Waals surface area contributed by atoms with Crippen LogP contribution in [0.5, 0.6) is 0 Å². The molecule has 0 amide bonds. The van der Waals surface area contributed by atoms with Gasteiger partial charge in [0.2, 0.25) is 0 Å². The van der Waals surface area contributed by atoms with Crippen molar-refractivity contribution in [3.8, 4) is 0 Å². The Morgan fingerprint density at radius 1 is 1.12 bits per heavy atom. The Morgan fingerprint density at radius 3 is 2.41 bits per heavy atom. The van der Waals surface area contributed by atoms with Gasteiger partial charge in [0.15, 0.2) is 0 Å². The van der Waals surface area contributed by atoms with Gasteiger partial charge in [-0.05, 0) is 84.3 Å². The van der Waals surface area contributed by atoms with Gasteiger partial charge >= 0.3 is 0 Å². The van der Waals surface area contributed by atoms with Gasteiger partial charge in [-0.3, -0.25) is 0 Å². The Kier molecular flexibility index (Phi) is 5.59. The van der Waals surface area contributed by atoms with Gasteiger partial charge in [-0.25, -0.2) is 0 Å². The van der Waals surface area contributed by atoms with Crippen molar-refractivity contribution in [3.05, 3.63) is 51.0 Å². The quantitative estimate of drug-likeness (QED) is 0.249. The van der Waals surface area contributed by atoms with Gasteiger partial charge in [-0.1, -0.05) is 31.9 Å². The highest BCUT2D eigenvalue weighted by atomic mass is 127. The second-order valence-corrected chi connectivity index (χ2v) is 9.55. The first-order chi connectivity index (χ1) is 7.99. The van der Waals surface area contributed by atoms with Crippen LogP contribution >= 0.6 is 97.6 Å². The summed E-state index contributed by atoms with van der Waals surface area (Å²) in [4.78, 5) is 1.50. The van der Waals surface area contributed by atoms with E-state index in [1.807, 2.05) is 0 Å². The van der Waals surface area contributed by atoms with Crippen LogP contribution in [0, 0.1) is 3.57 Å². The fraction of sp³-hybridized carbons (Fsp3) is 0.0909. The van der Waals surface area contributed by atoms with E-state index in [4.69, 9.17) is 0 Å². The summed E-state index contributed by atoms with van der Waals surface area (Å²) >= 11 is 18.4. The van der Waals surface area contributed by atoms with Crippen molar-refractivity contribution in [1.29, 1.82) is 0 Å². The van der Waals surface area contributed by atoms with Gasteiger partial charge in [0, 0.05) is 17.4 Å². The van der Waals surface area contributed by atoms with Gasteiger partial charge in [0.05, 0.1) is 8.61 Å². The average Bonchev–Trinajstić information content (AvgIpc) is 2.62. The lowest BCUT2D eigenvalue weighted by atomic mass is 10.1. The zero-order chi connectivity index (χ0) is 12.6. The van der Waals surface area contributed by atoms with Crippen molar-refractivity contribution in [2.75, 3.05) is 0 Å². The first-order valence-electron chi connectivity index (χ1n) is 4.53. The fourth-order valence-corrected chi connectivity index (χ4v) is 5.68. The lowest BCUT2D eigenvalue weighted by Gasteiger charge is -2.10. The summed E-state index contributed by atoms with van der Waals surface area (Å²) in [5, 5.41) is 0. The summed E-state index contributed by atoms with van der Waals surface area (Å²) in [6.07, 6.45) is 0. The summed E-state index contributed by atoms with van der Waals surface area (Å²) in [7, 11) is 0. The lowest BCUT2D eigenvalue weighted by molar-refractivity contribution is 1.20. The third-order valence-corrected chi connectivity index (χ3v) is 8.23. The van der Waals surface area contributed by atoms with Crippen molar-refractivity contribution in [2.24, 2.45) is 0 Å². The Morgan fingerprint density at radius 2 is 1.82 bits per heavy atom. The minimum atomic E-state index is 0.222. The highest BCUT2D eigenvalue weighted by Crippen LogP contribution is 2.42. The zero-order valence-corrected chi connectivity index (χ0v) is 17.5. The number of rotatable bonds is 2. The molecule has 17 heavy (non-hydrogen) atoms. The predicted octanol–water partition coefficient (Wildman–Crippen LogP) is 7.12. The minimum absolute atomic E-state index is 0.222. The Labute approximate surface area is 151 Å². The summed E-state index contributed by atoms with van der Waals surface area (Å²) in [6, 6.07) is 8.48. The largest absolute Gasteiger partial charge is 0.131 e. The van der Waals surface area contributed by atoms with E-state index in [0.29, 0.717) is 0 Å². The van der Waals surface area contributed by atoms with Gasteiger partial charge in [0.1, 0.15) is 0 Å². The van der Waals surface area contributed by atoms with Crippen LogP contribution in [-0.2, 0) is 0 Å². The molecule has 0 aliphatic rings. The van der Waals surface area contributed by atoms with Crippen molar-refractivity contribution >= 4 is 97.6 Å². The zero-order valence-electron chi connectivity index (χ0n) is 8.18. The Bertz CT molecular complexity index is 533. The number of alkyl halides is 1. The molecule has 0 saturated carbocycles. The predicted molar refractivity (Wildman–Crippen MR) is 97.3 cm³/mol. The number of halogens is 5. The van der Waals surface area contributed by atoms with Gasteiger partial charge in [-0.15, -0.1) is 11.3 Å². The molecule has 0 aliphatic carbocycles. The maximum atomic E-state index is 3.77. The molecular formula is C11H5Br4IS. The van der Waals surface area contributed by atoms with Crippen LogP contribution in [0.4, 0.5) is 0 Å². The first kappa shape index (κ1) is 15.0. The molecule has 1 heterocycles. The third-order valence-electron chi connectivity index (χ3n) is 2.15. The van der Waals surface area contributed by atoms with E-state index in [9.17, 15) is 0 Å². The summed E-state index contributed by atoms with van der Waals surface area (Å²) in [5.74, 6) is 0. The molecule has 2 aromatic rings. The molecule has 0 nitrogen and oxygen atoms in total. The Balaban J connectivity index is 2.42. The van der Waals surface area contributed by atoms with E-state index in [1.165, 1.54) is 14.0 Å². The SMILES string of the molecule is Brc1ccc(I)c(C(Br)c2cc(Br)c(Br)s2)c1. The topological polar surface area (TPSA) is 0 Å². The van der Waals surface area contributed by atoms with Crippen LogP contribution in [0.1, 0.15) is 15.3 Å².